The van der Waals surface area contributed by atoms with Gasteiger partial charge in [-0.25, -0.2) is 0 Å². The summed E-state index contributed by atoms with van der Waals surface area (Å²) < 4.78 is 5.14. The lowest BCUT2D eigenvalue weighted by molar-refractivity contribution is -0.118. The second kappa shape index (κ2) is 2.48. The van der Waals surface area contributed by atoms with Gasteiger partial charge in [0, 0.05) is 11.8 Å². The molecule has 1 amide bonds. The molecule has 1 aliphatic rings. The second-order valence-electron chi connectivity index (χ2n) is 2.68. The van der Waals surface area contributed by atoms with Crippen LogP contribution < -0.4 is 5.73 Å². The molecule has 0 spiro atoms. The highest BCUT2D eigenvalue weighted by atomic mass is 16.3. The third-order valence-corrected chi connectivity index (χ3v) is 1.89. The minimum atomic E-state index is -0.483. The van der Waals surface area contributed by atoms with Crippen molar-refractivity contribution in [3.8, 4) is 0 Å². The predicted molar refractivity (Wildman–Crippen MR) is 42.8 cm³/mol. The molecule has 0 bridgehead atoms. The van der Waals surface area contributed by atoms with Crippen molar-refractivity contribution >= 4 is 12.1 Å². The van der Waals surface area contributed by atoms with Crippen molar-refractivity contribution < 1.29 is 9.21 Å². The van der Waals surface area contributed by atoms with Gasteiger partial charge in [-0.3, -0.25) is 9.79 Å². The van der Waals surface area contributed by atoms with Gasteiger partial charge in [0.25, 0.3) is 0 Å². The Morgan fingerprint density at radius 1 is 1.75 bits per heavy atom. The third kappa shape index (κ3) is 0.922. The zero-order valence-corrected chi connectivity index (χ0v) is 6.36. The number of primary amides is 1. The van der Waals surface area contributed by atoms with Crippen molar-refractivity contribution in [3.63, 3.8) is 0 Å². The molecule has 2 N–H and O–H groups in total. The minimum absolute atomic E-state index is 0.422. The molecule has 0 fully saturated rings. The molecular formula is C8H8N2O2. The molecule has 1 atom stereocenters. The Kier molecular flexibility index (Phi) is 1.46. The summed E-state index contributed by atoms with van der Waals surface area (Å²) >= 11 is 0. The molecule has 2 heterocycles. The van der Waals surface area contributed by atoms with Crippen LogP contribution in [0.2, 0.25) is 0 Å². The van der Waals surface area contributed by atoms with Crippen molar-refractivity contribution in [2.45, 2.75) is 12.5 Å². The first-order valence-corrected chi connectivity index (χ1v) is 3.64. The SMILES string of the molecule is NC(=O)C1C=NCc2ccoc21. The van der Waals surface area contributed by atoms with Crippen LogP contribution in [0.25, 0.3) is 0 Å². The van der Waals surface area contributed by atoms with Gasteiger partial charge in [-0.2, -0.15) is 0 Å². The van der Waals surface area contributed by atoms with E-state index in [1.54, 1.807) is 6.26 Å². The Morgan fingerprint density at radius 2 is 2.58 bits per heavy atom. The Labute approximate surface area is 69.1 Å². The summed E-state index contributed by atoms with van der Waals surface area (Å²) in [4.78, 5) is 14.9. The van der Waals surface area contributed by atoms with E-state index in [0.717, 1.165) is 5.56 Å². The van der Waals surface area contributed by atoms with Crippen LogP contribution in [0.3, 0.4) is 0 Å². The highest BCUT2D eigenvalue weighted by molar-refractivity contribution is 5.98. The molecule has 62 valence electrons. The van der Waals surface area contributed by atoms with E-state index in [9.17, 15) is 4.79 Å². The maximum atomic E-state index is 10.9. The Morgan fingerprint density at radius 3 is 3.33 bits per heavy atom. The molecular weight excluding hydrogens is 156 g/mol. The average molecular weight is 164 g/mol. The quantitative estimate of drug-likeness (QED) is 0.654. The van der Waals surface area contributed by atoms with E-state index in [1.807, 2.05) is 6.07 Å². The van der Waals surface area contributed by atoms with Crippen LogP contribution in [0.5, 0.6) is 0 Å². The van der Waals surface area contributed by atoms with E-state index >= 15 is 0 Å². The van der Waals surface area contributed by atoms with E-state index in [0.29, 0.717) is 12.3 Å². The Hall–Kier alpha value is -1.58. The number of amides is 1. The van der Waals surface area contributed by atoms with Crippen molar-refractivity contribution in [1.82, 2.24) is 0 Å². The number of furan rings is 1. The van der Waals surface area contributed by atoms with Crippen LogP contribution in [0.15, 0.2) is 21.7 Å². The largest absolute Gasteiger partial charge is 0.468 e. The molecule has 0 saturated carbocycles. The number of nitrogens with two attached hydrogens (primary N) is 1. The summed E-state index contributed by atoms with van der Waals surface area (Å²) in [6.45, 7) is 0.579. The summed E-state index contributed by atoms with van der Waals surface area (Å²) in [5.41, 5.74) is 6.10. The number of carbonyl (C=O) groups is 1. The summed E-state index contributed by atoms with van der Waals surface area (Å²) in [5, 5.41) is 0. The van der Waals surface area contributed by atoms with Gasteiger partial charge >= 0.3 is 0 Å². The maximum absolute atomic E-state index is 10.9. The van der Waals surface area contributed by atoms with Crippen molar-refractivity contribution in [2.75, 3.05) is 0 Å². The van der Waals surface area contributed by atoms with Gasteiger partial charge in [-0.05, 0) is 6.07 Å². The fourth-order valence-corrected chi connectivity index (χ4v) is 1.28. The number of hydrogen-bond acceptors (Lipinski definition) is 3. The summed E-state index contributed by atoms with van der Waals surface area (Å²) in [6, 6.07) is 1.81. The van der Waals surface area contributed by atoms with E-state index in [-0.39, 0.29) is 0 Å². The predicted octanol–water partition coefficient (Wildman–Crippen LogP) is 0.433. The van der Waals surface area contributed by atoms with Gasteiger partial charge in [-0.15, -0.1) is 0 Å². The van der Waals surface area contributed by atoms with Crippen LogP contribution in [-0.4, -0.2) is 12.1 Å². The van der Waals surface area contributed by atoms with Gasteiger partial charge in [0.15, 0.2) is 0 Å². The monoisotopic (exact) mass is 164 g/mol. The fourth-order valence-electron chi connectivity index (χ4n) is 1.28. The standard InChI is InChI=1S/C8H8N2O2/c9-8(11)6-4-10-3-5-1-2-12-7(5)6/h1-2,4,6H,3H2,(H2,9,11). The highest BCUT2D eigenvalue weighted by Crippen LogP contribution is 2.24. The van der Waals surface area contributed by atoms with Crippen LogP contribution >= 0.6 is 0 Å². The molecule has 0 aliphatic carbocycles. The van der Waals surface area contributed by atoms with E-state index in [1.165, 1.54) is 6.21 Å². The Bertz CT molecular complexity index is 341. The molecule has 12 heavy (non-hydrogen) atoms. The first kappa shape index (κ1) is 7.09. The third-order valence-electron chi connectivity index (χ3n) is 1.89. The van der Waals surface area contributed by atoms with Gasteiger partial charge in [0.1, 0.15) is 11.7 Å². The number of hydrogen-bond donors (Lipinski definition) is 1. The number of aliphatic imine (C=N–C) groups is 1. The van der Waals surface area contributed by atoms with Gasteiger partial charge in [0.2, 0.25) is 5.91 Å². The number of carbonyl (C=O) groups excluding carboxylic acids is 1. The smallest absolute Gasteiger partial charge is 0.233 e. The molecule has 1 unspecified atom stereocenters. The molecule has 0 radical (unpaired) electrons. The lowest BCUT2D eigenvalue weighted by atomic mass is 10.0. The first-order chi connectivity index (χ1) is 5.79. The lowest BCUT2D eigenvalue weighted by Gasteiger charge is -2.10. The van der Waals surface area contributed by atoms with E-state index < -0.39 is 11.8 Å². The highest BCUT2D eigenvalue weighted by Gasteiger charge is 2.24. The van der Waals surface area contributed by atoms with Crippen LogP contribution in [0, 0.1) is 0 Å². The fraction of sp³-hybridized carbons (Fsp3) is 0.250. The van der Waals surface area contributed by atoms with Crippen molar-refractivity contribution in [2.24, 2.45) is 10.7 Å². The van der Waals surface area contributed by atoms with E-state index in [4.69, 9.17) is 10.2 Å². The maximum Gasteiger partial charge on any atom is 0.233 e. The van der Waals surface area contributed by atoms with Crippen molar-refractivity contribution in [1.29, 1.82) is 0 Å². The molecule has 0 aromatic carbocycles. The summed E-state index contributed by atoms with van der Waals surface area (Å²) in [6.07, 6.45) is 3.09. The molecule has 0 saturated heterocycles. The number of nitrogens with zero attached hydrogens (tertiary/aromatic N) is 1. The number of fused-ring (bicyclic) bond motifs is 1. The molecule has 4 heteroatoms. The zero-order chi connectivity index (χ0) is 8.55. The van der Waals surface area contributed by atoms with Crippen LogP contribution in [0.1, 0.15) is 17.2 Å². The second-order valence-corrected chi connectivity index (χ2v) is 2.68. The minimum Gasteiger partial charge on any atom is -0.468 e. The number of rotatable bonds is 1. The molecule has 1 aromatic rings. The summed E-state index contributed by atoms with van der Waals surface area (Å²) in [7, 11) is 0. The molecule has 2 rings (SSSR count). The van der Waals surface area contributed by atoms with Gasteiger partial charge in [0.05, 0.1) is 12.8 Å². The lowest BCUT2D eigenvalue weighted by Crippen LogP contribution is -2.24. The first-order valence-electron chi connectivity index (χ1n) is 3.64. The van der Waals surface area contributed by atoms with Gasteiger partial charge in [-0.1, -0.05) is 0 Å². The average Bonchev–Trinajstić information content (AvgIpc) is 2.49. The summed E-state index contributed by atoms with van der Waals surface area (Å²) in [5.74, 6) is -0.268. The zero-order valence-electron chi connectivity index (χ0n) is 6.36. The van der Waals surface area contributed by atoms with Crippen LogP contribution in [-0.2, 0) is 11.3 Å². The molecule has 4 nitrogen and oxygen atoms in total. The normalized spacial score (nSPS) is 20.5. The van der Waals surface area contributed by atoms with E-state index in [2.05, 4.69) is 4.99 Å². The molecule has 1 aliphatic heterocycles. The van der Waals surface area contributed by atoms with Gasteiger partial charge < -0.3 is 10.2 Å². The van der Waals surface area contributed by atoms with Crippen LogP contribution in [0.4, 0.5) is 0 Å². The molecule has 1 aromatic heterocycles. The van der Waals surface area contributed by atoms with Crippen molar-refractivity contribution in [3.05, 3.63) is 23.7 Å². The Balaban J connectivity index is 2.44. The topological polar surface area (TPSA) is 68.6 Å².